The molecule has 1 aromatic heterocycles. The van der Waals surface area contributed by atoms with E-state index < -0.39 is 5.97 Å². The Balaban J connectivity index is 1.95. The molecule has 0 amide bonds. The number of hydrogen-bond acceptors (Lipinski definition) is 4. The van der Waals surface area contributed by atoms with Crippen molar-refractivity contribution in [3.63, 3.8) is 0 Å². The van der Waals surface area contributed by atoms with Gasteiger partial charge in [-0.15, -0.1) is 0 Å². The quantitative estimate of drug-likeness (QED) is 0.760. The van der Waals surface area contributed by atoms with Gasteiger partial charge in [0.1, 0.15) is 5.56 Å². The average Bonchev–Trinajstić information content (AvgIpc) is 2.54. The van der Waals surface area contributed by atoms with Crippen LogP contribution in [-0.2, 0) is 11.2 Å². The summed E-state index contributed by atoms with van der Waals surface area (Å²) in [5, 5.41) is 0.728. The van der Waals surface area contributed by atoms with Crippen molar-refractivity contribution in [2.45, 2.75) is 13.3 Å². The molecular weight excluding hydrogens is 302 g/mol. The average molecular weight is 320 g/mol. The lowest BCUT2D eigenvalue weighted by molar-refractivity contribution is 0.0595. The van der Waals surface area contributed by atoms with Crippen molar-refractivity contribution in [3.05, 3.63) is 58.9 Å². The van der Waals surface area contributed by atoms with E-state index >= 15 is 0 Å². The van der Waals surface area contributed by atoms with Gasteiger partial charge in [0.05, 0.1) is 19.9 Å². The number of benzene rings is 1. The summed E-state index contributed by atoms with van der Waals surface area (Å²) in [6.07, 6.45) is 3.93. The standard InChI is InChI=1S/C17H18ClNO3/c1-12(9-13-3-5-14(18)6-4-13)11-22-16-10-19-8-7-15(16)17(20)21-2/h3-8,10,12H,9,11H2,1-2H3/t12-/m0/s1. The summed E-state index contributed by atoms with van der Waals surface area (Å²) in [4.78, 5) is 15.6. The van der Waals surface area contributed by atoms with E-state index in [0.717, 1.165) is 11.4 Å². The molecule has 2 rings (SSSR count). The molecule has 2 aromatic rings. The molecule has 4 nitrogen and oxygen atoms in total. The van der Waals surface area contributed by atoms with Gasteiger partial charge < -0.3 is 9.47 Å². The number of pyridine rings is 1. The predicted octanol–water partition coefficient (Wildman–Crippen LogP) is 3.78. The Morgan fingerprint density at radius 2 is 2.00 bits per heavy atom. The molecule has 0 aliphatic heterocycles. The van der Waals surface area contributed by atoms with Crippen LogP contribution in [-0.4, -0.2) is 24.7 Å². The number of hydrogen-bond donors (Lipinski definition) is 0. The Bertz CT molecular complexity index is 628. The highest BCUT2D eigenvalue weighted by Crippen LogP contribution is 2.19. The topological polar surface area (TPSA) is 48.4 Å². The van der Waals surface area contributed by atoms with Crippen molar-refractivity contribution in [2.24, 2.45) is 5.92 Å². The first-order valence-electron chi connectivity index (χ1n) is 6.99. The van der Waals surface area contributed by atoms with Gasteiger partial charge in [0.15, 0.2) is 5.75 Å². The molecule has 0 N–H and O–H groups in total. The summed E-state index contributed by atoms with van der Waals surface area (Å²) in [5.41, 5.74) is 1.58. The minimum Gasteiger partial charge on any atom is -0.491 e. The highest BCUT2D eigenvalue weighted by molar-refractivity contribution is 6.30. The Labute approximate surface area is 135 Å². The van der Waals surface area contributed by atoms with Gasteiger partial charge in [-0.25, -0.2) is 4.79 Å². The molecule has 0 saturated carbocycles. The van der Waals surface area contributed by atoms with E-state index in [2.05, 4.69) is 11.9 Å². The first kappa shape index (κ1) is 16.3. The number of aromatic nitrogens is 1. The maximum Gasteiger partial charge on any atom is 0.341 e. The van der Waals surface area contributed by atoms with Gasteiger partial charge in [-0.2, -0.15) is 0 Å². The molecule has 1 aromatic carbocycles. The number of ether oxygens (including phenoxy) is 2. The Hall–Kier alpha value is -2.07. The van der Waals surface area contributed by atoms with E-state index in [9.17, 15) is 4.79 Å². The third-order valence-electron chi connectivity index (χ3n) is 3.21. The maximum absolute atomic E-state index is 11.7. The largest absolute Gasteiger partial charge is 0.491 e. The van der Waals surface area contributed by atoms with Crippen molar-refractivity contribution < 1.29 is 14.3 Å². The molecule has 0 saturated heterocycles. The molecule has 1 heterocycles. The van der Waals surface area contributed by atoms with E-state index in [1.165, 1.54) is 25.1 Å². The zero-order valence-corrected chi connectivity index (χ0v) is 13.3. The fraction of sp³-hybridized carbons (Fsp3) is 0.294. The molecule has 0 aliphatic rings. The molecule has 5 heteroatoms. The number of esters is 1. The summed E-state index contributed by atoms with van der Waals surface area (Å²) in [6, 6.07) is 9.35. The fourth-order valence-electron chi connectivity index (χ4n) is 2.09. The smallest absolute Gasteiger partial charge is 0.341 e. The Kier molecular flexibility index (Phi) is 5.78. The lowest BCUT2D eigenvalue weighted by Crippen LogP contribution is -2.13. The van der Waals surface area contributed by atoms with Crippen molar-refractivity contribution in [3.8, 4) is 5.75 Å². The van der Waals surface area contributed by atoms with Crippen molar-refractivity contribution in [1.82, 2.24) is 4.98 Å². The van der Waals surface area contributed by atoms with Crippen LogP contribution >= 0.6 is 11.6 Å². The van der Waals surface area contributed by atoms with E-state index in [-0.39, 0.29) is 5.92 Å². The molecular formula is C17H18ClNO3. The summed E-state index contributed by atoms with van der Waals surface area (Å²) in [5.74, 6) is 0.298. The van der Waals surface area contributed by atoms with Crippen molar-refractivity contribution in [1.29, 1.82) is 0 Å². The van der Waals surface area contributed by atoms with Crippen LogP contribution in [0, 0.1) is 5.92 Å². The third kappa shape index (κ3) is 4.46. The molecule has 0 aliphatic carbocycles. The van der Waals surface area contributed by atoms with Gasteiger partial charge in [-0.1, -0.05) is 30.7 Å². The molecule has 22 heavy (non-hydrogen) atoms. The number of carbonyl (C=O) groups excluding carboxylic acids is 1. The van der Waals surface area contributed by atoms with E-state index in [1.54, 1.807) is 6.07 Å². The van der Waals surface area contributed by atoms with Gasteiger partial charge in [-0.3, -0.25) is 4.98 Å². The van der Waals surface area contributed by atoms with Crippen LogP contribution in [0.5, 0.6) is 5.75 Å². The van der Waals surface area contributed by atoms with Gasteiger partial charge >= 0.3 is 5.97 Å². The van der Waals surface area contributed by atoms with E-state index in [4.69, 9.17) is 21.1 Å². The summed E-state index contributed by atoms with van der Waals surface area (Å²) < 4.78 is 10.5. The highest BCUT2D eigenvalue weighted by atomic mass is 35.5. The Morgan fingerprint density at radius 1 is 1.27 bits per heavy atom. The van der Waals surface area contributed by atoms with Crippen LogP contribution in [0.4, 0.5) is 0 Å². The summed E-state index contributed by atoms with van der Waals surface area (Å²) in [6.45, 7) is 2.57. The molecule has 0 bridgehead atoms. The number of rotatable bonds is 6. The summed E-state index contributed by atoms with van der Waals surface area (Å²) in [7, 11) is 1.34. The number of carbonyl (C=O) groups is 1. The second kappa shape index (κ2) is 7.80. The third-order valence-corrected chi connectivity index (χ3v) is 3.46. The van der Waals surface area contributed by atoms with Crippen molar-refractivity contribution in [2.75, 3.05) is 13.7 Å². The van der Waals surface area contributed by atoms with Crippen LogP contribution in [0.2, 0.25) is 5.02 Å². The fourth-order valence-corrected chi connectivity index (χ4v) is 2.21. The van der Waals surface area contributed by atoms with Crippen LogP contribution in [0.15, 0.2) is 42.7 Å². The minimum atomic E-state index is -0.428. The second-order valence-corrected chi connectivity index (χ2v) is 5.55. The highest BCUT2D eigenvalue weighted by Gasteiger charge is 2.14. The van der Waals surface area contributed by atoms with Gasteiger partial charge in [0.25, 0.3) is 0 Å². The first-order chi connectivity index (χ1) is 10.6. The lowest BCUT2D eigenvalue weighted by atomic mass is 10.0. The molecule has 0 radical (unpaired) electrons. The van der Waals surface area contributed by atoms with Gasteiger partial charge in [-0.05, 0) is 36.1 Å². The normalized spacial score (nSPS) is 11.8. The maximum atomic E-state index is 11.7. The van der Waals surface area contributed by atoms with E-state index in [0.29, 0.717) is 17.9 Å². The number of nitrogens with zero attached hydrogens (tertiary/aromatic N) is 1. The van der Waals surface area contributed by atoms with E-state index in [1.807, 2.05) is 24.3 Å². The van der Waals surface area contributed by atoms with Crippen LogP contribution < -0.4 is 4.74 Å². The van der Waals surface area contributed by atoms with Crippen LogP contribution in [0.25, 0.3) is 0 Å². The van der Waals surface area contributed by atoms with Crippen LogP contribution in [0.1, 0.15) is 22.8 Å². The van der Waals surface area contributed by atoms with Crippen molar-refractivity contribution >= 4 is 17.6 Å². The predicted molar refractivity (Wildman–Crippen MR) is 85.4 cm³/mol. The lowest BCUT2D eigenvalue weighted by Gasteiger charge is -2.14. The van der Waals surface area contributed by atoms with Gasteiger partial charge in [0, 0.05) is 11.2 Å². The molecule has 1 atom stereocenters. The first-order valence-corrected chi connectivity index (χ1v) is 7.37. The minimum absolute atomic E-state index is 0.284. The number of methoxy groups -OCH3 is 1. The van der Waals surface area contributed by atoms with Crippen LogP contribution in [0.3, 0.4) is 0 Å². The zero-order valence-electron chi connectivity index (χ0n) is 12.6. The Morgan fingerprint density at radius 3 is 2.68 bits per heavy atom. The molecule has 0 unspecified atom stereocenters. The number of halogens is 1. The van der Waals surface area contributed by atoms with Gasteiger partial charge in [0.2, 0.25) is 0 Å². The zero-order chi connectivity index (χ0) is 15.9. The SMILES string of the molecule is COC(=O)c1ccncc1OC[C@@H](C)Cc1ccc(Cl)cc1. The molecule has 0 fully saturated rings. The second-order valence-electron chi connectivity index (χ2n) is 5.11. The molecule has 0 spiro atoms. The molecule has 116 valence electrons. The summed E-state index contributed by atoms with van der Waals surface area (Å²) >= 11 is 5.87. The monoisotopic (exact) mass is 319 g/mol.